The van der Waals surface area contributed by atoms with E-state index in [-0.39, 0.29) is 11.9 Å². The third kappa shape index (κ3) is 3.35. The zero-order chi connectivity index (χ0) is 19.7. The Morgan fingerprint density at radius 2 is 1.61 bits per heavy atom. The van der Waals surface area contributed by atoms with Crippen LogP contribution in [0.25, 0.3) is 0 Å². The molecule has 1 atom stereocenters. The number of para-hydroxylation sites is 1. The molecule has 2 aromatic carbocycles. The molecule has 0 aromatic heterocycles. The van der Waals surface area contributed by atoms with E-state index in [1.807, 2.05) is 37.3 Å². The minimum Gasteiger partial charge on any atom is -0.334 e. The van der Waals surface area contributed by atoms with Gasteiger partial charge in [0.15, 0.2) is 5.17 Å². The predicted octanol–water partition coefficient (Wildman–Crippen LogP) is 5.50. The zero-order valence-corrected chi connectivity index (χ0v) is 17.9. The van der Waals surface area contributed by atoms with Crippen LogP contribution < -0.4 is 4.90 Å². The fraction of sp³-hybridized carbons (Fsp3) is 0.273. The molecule has 144 valence electrons. The summed E-state index contributed by atoms with van der Waals surface area (Å²) in [6.07, 6.45) is 0. The molecule has 0 N–H and O–H groups in total. The van der Waals surface area contributed by atoms with Gasteiger partial charge in [0, 0.05) is 18.0 Å². The molecular formula is C22H23N3OS2. The summed E-state index contributed by atoms with van der Waals surface area (Å²) in [5, 5.41) is 1.81. The van der Waals surface area contributed by atoms with Crippen LogP contribution >= 0.6 is 23.5 Å². The molecule has 4 nitrogen and oxygen atoms in total. The Labute approximate surface area is 174 Å². The Morgan fingerprint density at radius 1 is 0.929 bits per heavy atom. The van der Waals surface area contributed by atoms with Gasteiger partial charge < -0.3 is 4.90 Å². The molecule has 0 aliphatic carbocycles. The van der Waals surface area contributed by atoms with Crippen molar-refractivity contribution in [1.82, 2.24) is 4.90 Å². The van der Waals surface area contributed by atoms with Crippen LogP contribution in [-0.4, -0.2) is 29.1 Å². The van der Waals surface area contributed by atoms with Gasteiger partial charge in [-0.15, -0.1) is 0 Å². The Bertz CT molecular complexity index is 955. The monoisotopic (exact) mass is 409 g/mol. The van der Waals surface area contributed by atoms with Gasteiger partial charge in [0.05, 0.1) is 11.7 Å². The SMILES string of the molecule is CCN1C(=O)/C(=C2/Sc3ccccc3N2CC)SC1=N[C@@H](C)c1ccccc1. The van der Waals surface area contributed by atoms with Gasteiger partial charge in [0.2, 0.25) is 0 Å². The van der Waals surface area contributed by atoms with Gasteiger partial charge in [0.1, 0.15) is 9.93 Å². The first-order valence-corrected chi connectivity index (χ1v) is 11.2. The normalized spacial score (nSPS) is 21.5. The minimum atomic E-state index is 0.00519. The van der Waals surface area contributed by atoms with Crippen molar-refractivity contribution in [2.75, 3.05) is 18.0 Å². The lowest BCUT2D eigenvalue weighted by Crippen LogP contribution is -2.30. The summed E-state index contributed by atoms with van der Waals surface area (Å²) in [5.41, 5.74) is 2.33. The minimum absolute atomic E-state index is 0.00519. The Morgan fingerprint density at radius 3 is 2.32 bits per heavy atom. The fourth-order valence-corrected chi connectivity index (χ4v) is 5.92. The number of likely N-dealkylation sites (N-methyl/N-ethyl adjacent to an activating group) is 1. The van der Waals surface area contributed by atoms with E-state index in [2.05, 4.69) is 43.0 Å². The molecular weight excluding hydrogens is 386 g/mol. The highest BCUT2D eigenvalue weighted by molar-refractivity contribution is 8.19. The summed E-state index contributed by atoms with van der Waals surface area (Å²) in [6.45, 7) is 7.65. The van der Waals surface area contributed by atoms with Crippen LogP contribution in [0.5, 0.6) is 0 Å². The smallest absolute Gasteiger partial charge is 0.269 e. The number of hydrogen-bond donors (Lipinski definition) is 0. The molecule has 0 saturated carbocycles. The van der Waals surface area contributed by atoms with Crippen molar-refractivity contribution >= 4 is 40.3 Å². The van der Waals surface area contributed by atoms with Crippen LogP contribution in [0.15, 0.2) is 74.4 Å². The zero-order valence-electron chi connectivity index (χ0n) is 16.3. The number of fused-ring (bicyclic) bond motifs is 1. The van der Waals surface area contributed by atoms with Crippen molar-refractivity contribution in [2.24, 2.45) is 4.99 Å². The molecule has 0 radical (unpaired) electrons. The molecule has 0 unspecified atom stereocenters. The number of amidine groups is 1. The maximum atomic E-state index is 13.2. The fourth-order valence-electron chi connectivity index (χ4n) is 3.40. The van der Waals surface area contributed by atoms with Gasteiger partial charge in [-0.2, -0.15) is 0 Å². The maximum Gasteiger partial charge on any atom is 0.269 e. The van der Waals surface area contributed by atoms with E-state index in [4.69, 9.17) is 4.99 Å². The maximum absolute atomic E-state index is 13.2. The molecule has 6 heteroatoms. The van der Waals surface area contributed by atoms with Crippen LogP contribution in [0.2, 0.25) is 0 Å². The molecule has 4 rings (SSSR count). The van der Waals surface area contributed by atoms with E-state index in [1.165, 1.54) is 22.3 Å². The van der Waals surface area contributed by atoms with Crippen molar-refractivity contribution in [2.45, 2.75) is 31.7 Å². The van der Waals surface area contributed by atoms with Crippen molar-refractivity contribution in [3.63, 3.8) is 0 Å². The number of carbonyl (C=O) groups is 1. The van der Waals surface area contributed by atoms with Crippen molar-refractivity contribution in [1.29, 1.82) is 0 Å². The molecule has 0 spiro atoms. The number of hydrogen-bond acceptors (Lipinski definition) is 5. The third-order valence-corrected chi connectivity index (χ3v) is 7.28. The average Bonchev–Trinajstić information content (AvgIpc) is 3.25. The summed E-state index contributed by atoms with van der Waals surface area (Å²) in [7, 11) is 0. The summed E-state index contributed by atoms with van der Waals surface area (Å²) < 4.78 is 0. The second-order valence-electron chi connectivity index (χ2n) is 6.60. The number of benzene rings is 2. The topological polar surface area (TPSA) is 35.9 Å². The van der Waals surface area contributed by atoms with Gasteiger partial charge >= 0.3 is 0 Å². The number of anilines is 1. The van der Waals surface area contributed by atoms with Crippen molar-refractivity contribution in [3.05, 3.63) is 70.1 Å². The van der Waals surface area contributed by atoms with Gasteiger partial charge in [-0.3, -0.25) is 14.7 Å². The van der Waals surface area contributed by atoms with Gasteiger partial charge in [0.25, 0.3) is 5.91 Å². The second kappa shape index (κ2) is 8.05. The summed E-state index contributed by atoms with van der Waals surface area (Å²) in [5.74, 6) is 0.0558. The van der Waals surface area contributed by atoms with Crippen LogP contribution in [0.4, 0.5) is 5.69 Å². The van der Waals surface area contributed by atoms with E-state index in [1.54, 1.807) is 16.7 Å². The Hall–Kier alpha value is -2.18. The number of rotatable bonds is 4. The summed E-state index contributed by atoms with van der Waals surface area (Å²) in [4.78, 5) is 24.1. The third-order valence-electron chi connectivity index (χ3n) is 4.88. The van der Waals surface area contributed by atoms with Crippen molar-refractivity contribution in [3.8, 4) is 0 Å². The first kappa shape index (κ1) is 19.2. The number of nitrogens with zero attached hydrogens (tertiary/aromatic N) is 3. The quantitative estimate of drug-likeness (QED) is 0.625. The van der Waals surface area contributed by atoms with Crippen LogP contribution in [0, 0.1) is 0 Å². The van der Waals surface area contributed by atoms with Crippen LogP contribution in [-0.2, 0) is 4.79 Å². The van der Waals surface area contributed by atoms with E-state index in [9.17, 15) is 4.79 Å². The summed E-state index contributed by atoms with van der Waals surface area (Å²) in [6, 6.07) is 18.5. The number of amides is 1. The standard InChI is InChI=1S/C22H23N3OS2/c1-4-24-17-13-9-10-14-18(17)27-21(24)19-20(26)25(5-2)22(28-19)23-15(3)16-11-7-6-8-12-16/h6-15H,4-5H2,1-3H3/b21-19-,23-22?/t15-/m0/s1. The van der Waals surface area contributed by atoms with E-state index >= 15 is 0 Å². The summed E-state index contributed by atoms with van der Waals surface area (Å²) >= 11 is 3.19. The van der Waals surface area contributed by atoms with Gasteiger partial charge in [-0.1, -0.05) is 54.2 Å². The van der Waals surface area contributed by atoms with E-state index < -0.39 is 0 Å². The average molecular weight is 410 g/mol. The highest BCUT2D eigenvalue weighted by Gasteiger charge is 2.39. The highest BCUT2D eigenvalue weighted by atomic mass is 32.2. The van der Waals surface area contributed by atoms with Crippen molar-refractivity contribution < 1.29 is 4.79 Å². The molecule has 2 heterocycles. The lowest BCUT2D eigenvalue weighted by molar-refractivity contribution is -0.122. The van der Waals surface area contributed by atoms with Gasteiger partial charge in [-0.05, 0) is 50.2 Å². The predicted molar refractivity (Wildman–Crippen MR) is 120 cm³/mol. The molecule has 28 heavy (non-hydrogen) atoms. The Kier molecular flexibility index (Phi) is 5.51. The first-order chi connectivity index (χ1) is 13.6. The molecule has 2 aromatic rings. The lowest BCUT2D eigenvalue weighted by atomic mass is 10.1. The lowest BCUT2D eigenvalue weighted by Gasteiger charge is -2.19. The van der Waals surface area contributed by atoms with E-state index in [0.717, 1.165) is 27.2 Å². The molecule has 1 amide bonds. The molecule has 1 saturated heterocycles. The number of carbonyl (C=O) groups excluding carboxylic acids is 1. The van der Waals surface area contributed by atoms with E-state index in [0.29, 0.717) is 6.54 Å². The highest BCUT2D eigenvalue weighted by Crippen LogP contribution is 2.50. The number of thioether (sulfide) groups is 2. The van der Waals surface area contributed by atoms with Crippen LogP contribution in [0.1, 0.15) is 32.4 Å². The molecule has 2 aliphatic rings. The molecule has 0 bridgehead atoms. The number of aliphatic imine (C=N–C) groups is 1. The molecule has 1 fully saturated rings. The Balaban J connectivity index is 1.70. The first-order valence-electron chi connectivity index (χ1n) is 9.55. The second-order valence-corrected chi connectivity index (χ2v) is 8.61. The largest absolute Gasteiger partial charge is 0.334 e. The molecule has 2 aliphatic heterocycles. The van der Waals surface area contributed by atoms with Crippen LogP contribution in [0.3, 0.4) is 0 Å². The van der Waals surface area contributed by atoms with Gasteiger partial charge in [-0.25, -0.2) is 0 Å².